The van der Waals surface area contributed by atoms with Crippen LogP contribution in [0.4, 0.5) is 0 Å². The molecule has 0 bridgehead atoms. The van der Waals surface area contributed by atoms with Gasteiger partial charge in [0.2, 0.25) is 0 Å². The number of methoxy groups -OCH3 is 1. The van der Waals surface area contributed by atoms with Gasteiger partial charge in [-0.25, -0.2) is 0 Å². The highest BCUT2D eigenvalue weighted by atomic mass is 35.5. The Labute approximate surface area is 118 Å². The van der Waals surface area contributed by atoms with Crippen LogP contribution in [0, 0.1) is 0 Å². The number of hydrogen-bond donors (Lipinski definition) is 2. The van der Waals surface area contributed by atoms with E-state index in [-0.39, 0.29) is 0 Å². The van der Waals surface area contributed by atoms with Crippen molar-refractivity contribution in [2.45, 2.75) is 18.9 Å². The van der Waals surface area contributed by atoms with Gasteiger partial charge in [-0.05, 0) is 23.3 Å². The van der Waals surface area contributed by atoms with Crippen LogP contribution in [0.3, 0.4) is 0 Å². The first-order chi connectivity index (χ1) is 9.20. The number of rotatable bonds is 7. The lowest BCUT2D eigenvalue weighted by Gasteiger charge is -2.14. The number of nitrogens with one attached hydrogen (secondary N) is 1. The van der Waals surface area contributed by atoms with E-state index in [0.717, 1.165) is 29.8 Å². The van der Waals surface area contributed by atoms with E-state index in [9.17, 15) is 5.11 Å². The molecular weight excluding hydrogens is 266 g/mol. The van der Waals surface area contributed by atoms with Crippen LogP contribution in [0.2, 0.25) is 5.02 Å². The molecule has 2 rings (SSSR count). The molecule has 0 aliphatic carbocycles. The fourth-order valence-corrected chi connectivity index (χ4v) is 2.53. The Morgan fingerprint density at radius 3 is 3.16 bits per heavy atom. The summed E-state index contributed by atoms with van der Waals surface area (Å²) >= 11 is 6.09. The lowest BCUT2D eigenvalue weighted by molar-refractivity contribution is 0.159. The van der Waals surface area contributed by atoms with E-state index >= 15 is 0 Å². The van der Waals surface area contributed by atoms with Crippen molar-refractivity contribution in [1.29, 1.82) is 0 Å². The van der Waals surface area contributed by atoms with Crippen LogP contribution < -0.4 is 10.1 Å². The minimum Gasteiger partial charge on any atom is -0.493 e. The molecule has 1 aliphatic rings. The van der Waals surface area contributed by atoms with Crippen LogP contribution in [-0.4, -0.2) is 44.6 Å². The average molecular weight is 286 g/mol. The quantitative estimate of drug-likeness (QED) is 0.744. The minimum absolute atomic E-state index is 0.455. The van der Waals surface area contributed by atoms with Gasteiger partial charge in [0.15, 0.2) is 0 Å². The monoisotopic (exact) mass is 285 g/mol. The maximum Gasteiger partial charge on any atom is 0.126 e. The summed E-state index contributed by atoms with van der Waals surface area (Å²) in [5.74, 6) is 0.903. The zero-order valence-electron chi connectivity index (χ0n) is 11.1. The summed E-state index contributed by atoms with van der Waals surface area (Å²) in [5, 5.41) is 13.9. The number of halogens is 1. The molecule has 0 saturated heterocycles. The standard InChI is InChI=1S/C14H20ClNO3/c1-18-5-3-16-9-13(17)8-11-7-12(15)6-10-2-4-19-14(10)11/h6-7,13,16-17H,2-5,8-9H2,1H3. The molecule has 0 fully saturated rings. The van der Waals surface area contributed by atoms with E-state index in [1.807, 2.05) is 12.1 Å². The maximum atomic E-state index is 10.0. The summed E-state index contributed by atoms with van der Waals surface area (Å²) in [6.45, 7) is 2.61. The Morgan fingerprint density at radius 2 is 2.37 bits per heavy atom. The lowest BCUT2D eigenvalue weighted by Crippen LogP contribution is -2.30. The van der Waals surface area contributed by atoms with Crippen LogP contribution in [-0.2, 0) is 17.6 Å². The fourth-order valence-electron chi connectivity index (χ4n) is 2.27. The first-order valence-electron chi connectivity index (χ1n) is 6.52. The minimum atomic E-state index is -0.455. The molecule has 2 N–H and O–H groups in total. The van der Waals surface area contributed by atoms with Gasteiger partial charge in [0.1, 0.15) is 5.75 Å². The van der Waals surface area contributed by atoms with Crippen LogP contribution in [0.25, 0.3) is 0 Å². The van der Waals surface area contributed by atoms with Gasteiger partial charge in [-0.15, -0.1) is 0 Å². The molecule has 1 heterocycles. The molecule has 4 nitrogen and oxygen atoms in total. The Bertz CT molecular complexity index is 425. The van der Waals surface area contributed by atoms with Crippen molar-refractivity contribution < 1.29 is 14.6 Å². The highest BCUT2D eigenvalue weighted by Gasteiger charge is 2.19. The van der Waals surface area contributed by atoms with Gasteiger partial charge in [-0.3, -0.25) is 0 Å². The summed E-state index contributed by atoms with van der Waals surface area (Å²) in [7, 11) is 1.66. The van der Waals surface area contributed by atoms with E-state index in [4.69, 9.17) is 21.1 Å². The van der Waals surface area contributed by atoms with Crippen LogP contribution in [0.5, 0.6) is 5.75 Å². The van der Waals surface area contributed by atoms with Crippen LogP contribution in [0.15, 0.2) is 12.1 Å². The maximum absolute atomic E-state index is 10.0. The molecule has 1 unspecified atom stereocenters. The molecule has 0 spiro atoms. The molecule has 1 aliphatic heterocycles. The summed E-state index contributed by atoms with van der Waals surface area (Å²) < 4.78 is 10.6. The Kier molecular flexibility index (Phi) is 5.45. The normalized spacial score (nSPS) is 15.1. The number of fused-ring (bicyclic) bond motifs is 1. The molecule has 0 amide bonds. The van der Waals surface area contributed by atoms with Gasteiger partial charge in [0.25, 0.3) is 0 Å². The van der Waals surface area contributed by atoms with E-state index in [2.05, 4.69) is 5.32 Å². The average Bonchev–Trinajstić information content (AvgIpc) is 2.82. The molecule has 5 heteroatoms. The molecule has 1 atom stereocenters. The topological polar surface area (TPSA) is 50.7 Å². The summed E-state index contributed by atoms with van der Waals surface area (Å²) in [4.78, 5) is 0. The first-order valence-corrected chi connectivity index (χ1v) is 6.90. The second-order valence-electron chi connectivity index (χ2n) is 4.71. The molecule has 106 valence electrons. The van der Waals surface area contributed by atoms with Crippen LogP contribution >= 0.6 is 11.6 Å². The predicted octanol–water partition coefficient (Wildman–Crippen LogP) is 1.41. The molecule has 19 heavy (non-hydrogen) atoms. The number of aliphatic hydroxyl groups is 1. The van der Waals surface area contributed by atoms with Crippen molar-refractivity contribution in [3.8, 4) is 5.75 Å². The SMILES string of the molecule is COCCNCC(O)Cc1cc(Cl)cc2c1OCC2. The van der Waals surface area contributed by atoms with Gasteiger partial charge < -0.3 is 19.9 Å². The second kappa shape index (κ2) is 7.10. The third kappa shape index (κ3) is 4.08. The second-order valence-corrected chi connectivity index (χ2v) is 5.14. The largest absolute Gasteiger partial charge is 0.493 e. The molecule has 1 aromatic rings. The lowest BCUT2D eigenvalue weighted by atomic mass is 10.0. The summed E-state index contributed by atoms with van der Waals surface area (Å²) in [5.41, 5.74) is 2.13. The highest BCUT2D eigenvalue weighted by molar-refractivity contribution is 6.30. The fraction of sp³-hybridized carbons (Fsp3) is 0.571. The Hall–Kier alpha value is -0.810. The van der Waals surface area contributed by atoms with Crippen molar-refractivity contribution in [3.05, 3.63) is 28.3 Å². The molecule has 0 radical (unpaired) electrons. The van der Waals surface area contributed by atoms with Crippen molar-refractivity contribution in [2.75, 3.05) is 33.4 Å². The zero-order chi connectivity index (χ0) is 13.7. The Balaban J connectivity index is 1.92. The smallest absolute Gasteiger partial charge is 0.126 e. The van der Waals surface area contributed by atoms with Crippen molar-refractivity contribution in [2.24, 2.45) is 0 Å². The molecule has 1 aromatic carbocycles. The molecular formula is C14H20ClNO3. The summed E-state index contributed by atoms with van der Waals surface area (Å²) in [6, 6.07) is 3.82. The van der Waals surface area contributed by atoms with Crippen LogP contribution in [0.1, 0.15) is 11.1 Å². The number of hydrogen-bond acceptors (Lipinski definition) is 4. The van der Waals surface area contributed by atoms with E-state index in [0.29, 0.717) is 31.2 Å². The first kappa shape index (κ1) is 14.6. The van der Waals surface area contributed by atoms with Gasteiger partial charge in [-0.2, -0.15) is 0 Å². The van der Waals surface area contributed by atoms with Crippen molar-refractivity contribution >= 4 is 11.6 Å². The summed E-state index contributed by atoms with van der Waals surface area (Å²) in [6.07, 6.45) is 0.983. The van der Waals surface area contributed by atoms with Gasteiger partial charge in [-0.1, -0.05) is 11.6 Å². The molecule has 0 saturated carbocycles. The van der Waals surface area contributed by atoms with Gasteiger partial charge in [0, 0.05) is 38.1 Å². The predicted molar refractivity (Wildman–Crippen MR) is 75.1 cm³/mol. The van der Waals surface area contributed by atoms with E-state index < -0.39 is 6.10 Å². The van der Waals surface area contributed by atoms with E-state index in [1.165, 1.54) is 0 Å². The highest BCUT2D eigenvalue weighted by Crippen LogP contribution is 2.33. The number of ether oxygens (including phenoxy) is 2. The van der Waals surface area contributed by atoms with Crippen molar-refractivity contribution in [3.63, 3.8) is 0 Å². The van der Waals surface area contributed by atoms with E-state index in [1.54, 1.807) is 7.11 Å². The number of benzene rings is 1. The third-order valence-corrected chi connectivity index (χ3v) is 3.36. The number of aliphatic hydroxyl groups excluding tert-OH is 1. The van der Waals surface area contributed by atoms with Crippen molar-refractivity contribution in [1.82, 2.24) is 5.32 Å². The zero-order valence-corrected chi connectivity index (χ0v) is 11.9. The van der Waals surface area contributed by atoms with Gasteiger partial charge in [0.05, 0.1) is 19.3 Å². The Morgan fingerprint density at radius 1 is 1.53 bits per heavy atom. The molecule has 0 aromatic heterocycles. The third-order valence-electron chi connectivity index (χ3n) is 3.14. The van der Waals surface area contributed by atoms with Gasteiger partial charge >= 0.3 is 0 Å².